The highest BCUT2D eigenvalue weighted by Crippen LogP contribution is 2.39. The van der Waals surface area contributed by atoms with Crippen molar-refractivity contribution in [3.05, 3.63) is 0 Å². The highest BCUT2D eigenvalue weighted by atomic mass is 16.8. The third-order valence-electron chi connectivity index (χ3n) is 17.7. The van der Waals surface area contributed by atoms with Gasteiger partial charge in [0.25, 0.3) is 0 Å². The Morgan fingerprint density at radius 3 is 1.68 bits per heavy atom. The molecule has 0 aromatic heterocycles. The molecule has 27 atom stereocenters. The Hall–Kier alpha value is -2.31. The maximum atomic E-state index is 14.3. The number of aliphatic hydroxyl groups excluding tert-OH is 8. The number of hydrogen-bond donors (Lipinski definition) is 8. The third-order valence-corrected chi connectivity index (χ3v) is 17.7. The zero-order valence-corrected chi connectivity index (χ0v) is 51.8. The van der Waals surface area contributed by atoms with E-state index in [1.54, 1.807) is 27.7 Å². The van der Waals surface area contributed by atoms with Crippen molar-refractivity contribution in [1.82, 2.24) is 0 Å². The van der Waals surface area contributed by atoms with E-state index in [9.17, 15) is 55.2 Å². The average Bonchev–Trinajstić information content (AvgIpc) is 1.67. The van der Waals surface area contributed by atoms with Gasteiger partial charge in [0.1, 0.15) is 73.2 Å². The van der Waals surface area contributed by atoms with Gasteiger partial charge in [-0.15, -0.1) is 0 Å². The largest absolute Gasteiger partial charge is 0.457 e. The molecule has 8 N–H and O–H groups in total. The molecule has 6 saturated heterocycles. The van der Waals surface area contributed by atoms with Gasteiger partial charge in [-0.25, -0.2) is 0 Å². The van der Waals surface area contributed by atoms with E-state index in [0.717, 1.165) is 103 Å². The zero-order valence-electron chi connectivity index (χ0n) is 51.8. The highest BCUT2D eigenvalue weighted by molar-refractivity contribution is 5.72. The maximum absolute atomic E-state index is 14.3. The minimum absolute atomic E-state index is 0.0256. The normalized spacial score (nSPS) is 42.3. The lowest BCUT2D eigenvalue weighted by atomic mass is 9.95. The molecule has 0 unspecified atom stereocenters. The first kappa shape index (κ1) is 71.8. The molecule has 0 radical (unpaired) electrons. The maximum Gasteiger partial charge on any atom is 0.309 e. The van der Waals surface area contributed by atoms with Gasteiger partial charge in [0.2, 0.25) is 0 Å². The van der Waals surface area contributed by atoms with E-state index < -0.39 is 177 Å². The van der Waals surface area contributed by atoms with E-state index in [4.69, 9.17) is 61.6 Å². The molecule has 24 heteroatoms. The summed E-state index contributed by atoms with van der Waals surface area (Å²) in [4.78, 5) is 41.2. The van der Waals surface area contributed by atoms with E-state index in [1.165, 1.54) is 20.8 Å². The third kappa shape index (κ3) is 19.8. The Labute approximate surface area is 502 Å². The first-order valence-corrected chi connectivity index (χ1v) is 32.2. The van der Waals surface area contributed by atoms with Crippen LogP contribution in [0.25, 0.3) is 0 Å². The summed E-state index contributed by atoms with van der Waals surface area (Å²) in [5.74, 6) is -2.57. The Morgan fingerprint density at radius 1 is 0.471 bits per heavy atom. The van der Waals surface area contributed by atoms with Gasteiger partial charge < -0.3 is 102 Å². The lowest BCUT2D eigenvalue weighted by Crippen LogP contribution is -2.68. The van der Waals surface area contributed by atoms with E-state index >= 15 is 0 Å². The van der Waals surface area contributed by atoms with Crippen molar-refractivity contribution in [3.63, 3.8) is 0 Å². The molecule has 6 aliphatic rings. The van der Waals surface area contributed by atoms with E-state index in [1.807, 2.05) is 0 Å². The summed E-state index contributed by atoms with van der Waals surface area (Å²) >= 11 is 0. The molecule has 0 spiro atoms. The second-order valence-corrected chi connectivity index (χ2v) is 24.6. The van der Waals surface area contributed by atoms with Crippen LogP contribution >= 0.6 is 0 Å². The Morgan fingerprint density at radius 2 is 1.00 bits per heavy atom. The Kier molecular flexibility index (Phi) is 29.8. The molecule has 6 rings (SSSR count). The number of hydrogen-bond acceptors (Lipinski definition) is 24. The van der Waals surface area contributed by atoms with Gasteiger partial charge in [-0.05, 0) is 66.7 Å². The second kappa shape index (κ2) is 35.3. The first-order valence-electron chi connectivity index (χ1n) is 32.2. The highest BCUT2D eigenvalue weighted by Gasteiger charge is 2.58. The lowest BCUT2D eigenvalue weighted by Gasteiger charge is -2.51. The number of unbranched alkanes of at least 4 members (excludes halogenated alkanes) is 8. The predicted molar refractivity (Wildman–Crippen MR) is 301 cm³/mol. The second-order valence-electron chi connectivity index (χ2n) is 24.6. The van der Waals surface area contributed by atoms with Gasteiger partial charge in [-0.2, -0.15) is 0 Å². The van der Waals surface area contributed by atoms with Crippen LogP contribution in [0.1, 0.15) is 204 Å². The van der Waals surface area contributed by atoms with Crippen LogP contribution in [0.15, 0.2) is 0 Å². The van der Waals surface area contributed by atoms with Gasteiger partial charge in [0, 0.05) is 12.8 Å². The summed E-state index contributed by atoms with van der Waals surface area (Å²) in [5.41, 5.74) is 0. The zero-order chi connectivity index (χ0) is 62.1. The molecule has 494 valence electrons. The van der Waals surface area contributed by atoms with Crippen LogP contribution in [0, 0.1) is 5.92 Å². The lowest BCUT2D eigenvalue weighted by molar-refractivity contribution is -0.399. The molecule has 24 nitrogen and oxygen atoms in total. The molecule has 6 aliphatic heterocycles. The SMILES string of the molecule is CCCCCCCCCC(=O)O[C@H]1[C@H](O[C@@H]2[C@H]3OC(=O)CCCCCCCCC[C@H](CCCCC)O[C@@H]4O[C@H](C)[C@H](O)[C@H](O)[C@H]4O[C@H](O[C@H]2C)[C@@H]3O)O[C@@H](C)[C@H](O[C@@H]2O[C@@H](C)[C@H](OC(=O)[C@@H](C)CC)[C@@H](O)[C@H]2O)[C@H]1O[C@@H]1O[C@@H](C)[C@H](O)[C@@H](O)[C@H]1O. The Bertz CT molecular complexity index is 1950. The van der Waals surface area contributed by atoms with Crippen LogP contribution in [0.4, 0.5) is 0 Å². The smallest absolute Gasteiger partial charge is 0.309 e. The number of esters is 3. The molecule has 85 heavy (non-hydrogen) atoms. The summed E-state index contributed by atoms with van der Waals surface area (Å²) in [7, 11) is 0. The number of rotatable bonds is 22. The fourth-order valence-corrected chi connectivity index (χ4v) is 11.9. The molecule has 0 aliphatic carbocycles. The molecular weight excluding hydrogens is 1120 g/mol. The summed E-state index contributed by atoms with van der Waals surface area (Å²) in [6.45, 7) is 15.3. The quantitative estimate of drug-likeness (QED) is 0.0419. The van der Waals surface area contributed by atoms with Crippen molar-refractivity contribution in [2.45, 2.75) is 363 Å². The molecule has 0 amide bonds. The summed E-state index contributed by atoms with van der Waals surface area (Å²) in [5, 5.41) is 91.7. The van der Waals surface area contributed by atoms with Crippen LogP contribution in [-0.4, -0.2) is 218 Å². The van der Waals surface area contributed by atoms with Crippen LogP contribution in [-0.2, 0) is 76.0 Å². The van der Waals surface area contributed by atoms with Crippen LogP contribution in [0.2, 0.25) is 0 Å². The number of aliphatic hydroxyl groups is 8. The minimum atomic E-state index is -1.91. The number of carbonyl (C=O) groups is 3. The Balaban J connectivity index is 1.36. The predicted octanol–water partition coefficient (Wildman–Crippen LogP) is 4.55. The number of fused-ring (bicyclic) bond motifs is 3. The number of ether oxygens (including phenoxy) is 13. The van der Waals surface area contributed by atoms with E-state index in [0.29, 0.717) is 25.7 Å². The monoisotopic (exact) mass is 1220 g/mol. The van der Waals surface area contributed by atoms with Crippen molar-refractivity contribution in [2.75, 3.05) is 0 Å². The molecule has 2 bridgehead atoms. The standard InChI is InChI=1S/C61H106O24/c1-10-13-15-16-18-22-27-31-40(63)80-55-54(85-57-46(69)43(66)41(64)33(5)73-57)51(82-58-47(70)45(68)49(35(7)75-58)81-56(72)32(4)12-3)37(9)77-61(55)83-50-36(8)76-59-48(71)52(50)79-39(62)30-26-23-20-17-19-21-25-29-38(28-24-14-11-2)78-60-53(84-59)44(67)42(65)34(6)74-60/h32-38,41-55,57-61,64-71H,10-31H2,1-9H3/t32-,33-,34+,35-,36-,37-,38-,41-,42-,43+,44-,45-,46+,47+,48+,49-,50-,51-,52-,53+,54+,55+,57-,58-,59-,60-,61-/m0/s1. The van der Waals surface area contributed by atoms with Crippen molar-refractivity contribution < 1.29 is 117 Å². The molecule has 6 heterocycles. The molecule has 6 fully saturated rings. The van der Waals surface area contributed by atoms with E-state index in [2.05, 4.69) is 13.8 Å². The van der Waals surface area contributed by atoms with E-state index in [-0.39, 0.29) is 18.9 Å². The molecule has 0 aromatic carbocycles. The van der Waals surface area contributed by atoms with Gasteiger partial charge in [0.15, 0.2) is 49.8 Å². The van der Waals surface area contributed by atoms with Crippen molar-refractivity contribution in [2.24, 2.45) is 5.92 Å². The van der Waals surface area contributed by atoms with Gasteiger partial charge in [-0.3, -0.25) is 14.4 Å². The minimum Gasteiger partial charge on any atom is -0.457 e. The molecule has 0 aromatic rings. The van der Waals surface area contributed by atoms with Crippen molar-refractivity contribution in [1.29, 1.82) is 0 Å². The summed E-state index contributed by atoms with van der Waals surface area (Å²) in [6, 6.07) is 0. The molecule has 0 saturated carbocycles. The van der Waals surface area contributed by atoms with Crippen LogP contribution in [0.5, 0.6) is 0 Å². The van der Waals surface area contributed by atoms with Gasteiger partial charge in [-0.1, -0.05) is 124 Å². The van der Waals surface area contributed by atoms with Crippen molar-refractivity contribution >= 4 is 17.9 Å². The van der Waals surface area contributed by atoms with Crippen molar-refractivity contribution in [3.8, 4) is 0 Å². The van der Waals surface area contributed by atoms with Gasteiger partial charge in [0.05, 0.1) is 42.5 Å². The fourth-order valence-electron chi connectivity index (χ4n) is 11.9. The summed E-state index contributed by atoms with van der Waals surface area (Å²) < 4.78 is 82.3. The van der Waals surface area contributed by atoms with Crippen LogP contribution in [0.3, 0.4) is 0 Å². The molecular formula is C61H106O24. The summed E-state index contributed by atoms with van der Waals surface area (Å²) in [6.07, 6.45) is -21.5. The van der Waals surface area contributed by atoms with Crippen LogP contribution < -0.4 is 0 Å². The topological polar surface area (TPSA) is 333 Å². The number of carbonyl (C=O) groups excluding carboxylic acids is 3. The fraction of sp³-hybridized carbons (Fsp3) is 0.951. The first-order chi connectivity index (χ1) is 40.6. The van der Waals surface area contributed by atoms with Gasteiger partial charge >= 0.3 is 17.9 Å². The average molecular weight is 1220 g/mol.